The number of methoxy groups -OCH3 is 1. The van der Waals surface area contributed by atoms with E-state index in [0.717, 1.165) is 43.9 Å². The van der Waals surface area contributed by atoms with Crippen LogP contribution >= 0.6 is 0 Å². The first-order chi connectivity index (χ1) is 10.2. The summed E-state index contributed by atoms with van der Waals surface area (Å²) in [6.45, 7) is 6.40. The molecule has 1 amide bonds. The van der Waals surface area contributed by atoms with E-state index in [1.807, 2.05) is 31.2 Å². The average molecular weight is 291 g/mol. The summed E-state index contributed by atoms with van der Waals surface area (Å²) in [6.07, 6.45) is 1.10. The number of rotatable bonds is 5. The number of hydrogen-bond acceptors (Lipinski definition) is 4. The molecule has 1 aliphatic rings. The summed E-state index contributed by atoms with van der Waals surface area (Å²) in [7, 11) is 1.65. The largest absolute Gasteiger partial charge is 0.497 e. The van der Waals surface area contributed by atoms with Crippen LogP contribution < -0.4 is 15.4 Å². The van der Waals surface area contributed by atoms with Crippen molar-refractivity contribution in [3.63, 3.8) is 0 Å². The standard InChI is InChI=1S/C16H25N3O2/c1-13(14-4-6-15(21-2)7-5-14)18-16(20)12-19-10-3-8-17-9-11-19/h4-7,13,17H,3,8-12H2,1-2H3,(H,18,20)/t13-/m0/s1. The van der Waals surface area contributed by atoms with Crippen molar-refractivity contribution in [2.24, 2.45) is 0 Å². The Morgan fingerprint density at radius 2 is 2.10 bits per heavy atom. The molecule has 1 heterocycles. The molecule has 1 aromatic carbocycles. The van der Waals surface area contributed by atoms with Gasteiger partial charge in [0.25, 0.3) is 0 Å². The minimum absolute atomic E-state index is 0.00788. The highest BCUT2D eigenvalue weighted by molar-refractivity contribution is 5.78. The Bertz CT molecular complexity index is 439. The molecule has 0 saturated carbocycles. The molecular weight excluding hydrogens is 266 g/mol. The SMILES string of the molecule is COc1ccc([C@H](C)NC(=O)CN2CCCNCC2)cc1. The Morgan fingerprint density at radius 3 is 2.81 bits per heavy atom. The second kappa shape index (κ2) is 8.00. The van der Waals surface area contributed by atoms with Crippen molar-refractivity contribution in [3.05, 3.63) is 29.8 Å². The van der Waals surface area contributed by atoms with Gasteiger partial charge in [-0.25, -0.2) is 0 Å². The van der Waals surface area contributed by atoms with Gasteiger partial charge in [-0.05, 0) is 44.1 Å². The van der Waals surface area contributed by atoms with Crippen LogP contribution in [0.1, 0.15) is 24.9 Å². The van der Waals surface area contributed by atoms with Crippen molar-refractivity contribution in [2.45, 2.75) is 19.4 Å². The number of benzene rings is 1. The van der Waals surface area contributed by atoms with Gasteiger partial charge in [0.2, 0.25) is 5.91 Å². The van der Waals surface area contributed by atoms with Crippen molar-refractivity contribution in [1.82, 2.24) is 15.5 Å². The smallest absolute Gasteiger partial charge is 0.234 e. The fourth-order valence-corrected chi connectivity index (χ4v) is 2.53. The lowest BCUT2D eigenvalue weighted by molar-refractivity contribution is -0.122. The Hall–Kier alpha value is -1.59. The third kappa shape index (κ3) is 5.02. The van der Waals surface area contributed by atoms with Crippen LogP contribution in [0.5, 0.6) is 5.75 Å². The minimum Gasteiger partial charge on any atom is -0.497 e. The van der Waals surface area contributed by atoms with E-state index in [-0.39, 0.29) is 11.9 Å². The van der Waals surface area contributed by atoms with Crippen molar-refractivity contribution in [2.75, 3.05) is 39.8 Å². The van der Waals surface area contributed by atoms with Gasteiger partial charge < -0.3 is 15.4 Å². The lowest BCUT2D eigenvalue weighted by Crippen LogP contribution is -2.39. The van der Waals surface area contributed by atoms with E-state index in [1.54, 1.807) is 7.11 Å². The zero-order valence-corrected chi connectivity index (χ0v) is 12.9. The van der Waals surface area contributed by atoms with E-state index in [0.29, 0.717) is 6.54 Å². The quantitative estimate of drug-likeness (QED) is 0.855. The number of carbonyl (C=O) groups excluding carboxylic acids is 1. The number of amides is 1. The maximum atomic E-state index is 12.1. The molecule has 1 saturated heterocycles. The van der Waals surface area contributed by atoms with Crippen molar-refractivity contribution >= 4 is 5.91 Å². The van der Waals surface area contributed by atoms with Gasteiger partial charge in [-0.1, -0.05) is 12.1 Å². The van der Waals surface area contributed by atoms with Gasteiger partial charge in [0.1, 0.15) is 5.75 Å². The molecule has 0 aliphatic carbocycles. The molecular formula is C16H25N3O2. The van der Waals surface area contributed by atoms with Gasteiger partial charge in [0.05, 0.1) is 19.7 Å². The number of hydrogen-bond donors (Lipinski definition) is 2. The van der Waals surface area contributed by atoms with Gasteiger partial charge >= 0.3 is 0 Å². The van der Waals surface area contributed by atoms with E-state index in [9.17, 15) is 4.79 Å². The Labute approximate surface area is 126 Å². The molecule has 0 aromatic heterocycles. The lowest BCUT2D eigenvalue weighted by atomic mass is 10.1. The fraction of sp³-hybridized carbons (Fsp3) is 0.562. The first-order valence-corrected chi connectivity index (χ1v) is 7.55. The first kappa shape index (κ1) is 15.8. The third-order valence-corrected chi connectivity index (χ3v) is 3.79. The summed E-state index contributed by atoms with van der Waals surface area (Å²) in [4.78, 5) is 14.3. The van der Waals surface area contributed by atoms with Crippen LogP contribution in [0.15, 0.2) is 24.3 Å². The fourth-order valence-electron chi connectivity index (χ4n) is 2.53. The van der Waals surface area contributed by atoms with E-state index in [2.05, 4.69) is 15.5 Å². The van der Waals surface area contributed by atoms with Crippen LogP contribution in [-0.2, 0) is 4.79 Å². The normalized spacial score (nSPS) is 17.8. The van der Waals surface area contributed by atoms with Gasteiger partial charge in [0, 0.05) is 13.1 Å². The first-order valence-electron chi connectivity index (χ1n) is 7.55. The van der Waals surface area contributed by atoms with Crippen molar-refractivity contribution in [1.29, 1.82) is 0 Å². The highest BCUT2D eigenvalue weighted by Gasteiger charge is 2.15. The summed E-state index contributed by atoms with van der Waals surface area (Å²) in [5, 5.41) is 6.40. The van der Waals surface area contributed by atoms with Crippen LogP contribution in [0.4, 0.5) is 0 Å². The van der Waals surface area contributed by atoms with Crippen LogP contribution in [0.2, 0.25) is 0 Å². The predicted molar refractivity (Wildman–Crippen MR) is 83.5 cm³/mol. The summed E-state index contributed by atoms with van der Waals surface area (Å²) >= 11 is 0. The number of nitrogens with one attached hydrogen (secondary N) is 2. The summed E-state index contributed by atoms with van der Waals surface area (Å²) in [6, 6.07) is 7.81. The highest BCUT2D eigenvalue weighted by Crippen LogP contribution is 2.17. The second-order valence-corrected chi connectivity index (χ2v) is 5.44. The van der Waals surface area contributed by atoms with Crippen LogP contribution in [-0.4, -0.2) is 50.6 Å². The maximum Gasteiger partial charge on any atom is 0.234 e. The topological polar surface area (TPSA) is 53.6 Å². The van der Waals surface area contributed by atoms with Crippen LogP contribution in [0.3, 0.4) is 0 Å². The maximum absolute atomic E-state index is 12.1. The van der Waals surface area contributed by atoms with Crippen molar-refractivity contribution in [3.8, 4) is 5.75 Å². The minimum atomic E-state index is 0.00788. The lowest BCUT2D eigenvalue weighted by Gasteiger charge is -2.21. The van der Waals surface area contributed by atoms with E-state index < -0.39 is 0 Å². The molecule has 0 radical (unpaired) electrons. The molecule has 5 heteroatoms. The van der Waals surface area contributed by atoms with Gasteiger partial charge in [-0.15, -0.1) is 0 Å². The number of carbonyl (C=O) groups is 1. The zero-order valence-electron chi connectivity index (χ0n) is 12.9. The van der Waals surface area contributed by atoms with Gasteiger partial charge in [-0.3, -0.25) is 9.69 Å². The summed E-state index contributed by atoms with van der Waals surface area (Å²) in [5.74, 6) is 0.912. The molecule has 0 spiro atoms. The van der Waals surface area contributed by atoms with E-state index >= 15 is 0 Å². The van der Waals surface area contributed by atoms with Gasteiger partial charge in [0.15, 0.2) is 0 Å². The Morgan fingerprint density at radius 1 is 1.33 bits per heavy atom. The number of ether oxygens (including phenoxy) is 1. The molecule has 1 aromatic rings. The molecule has 0 bridgehead atoms. The average Bonchev–Trinajstić information content (AvgIpc) is 2.75. The molecule has 21 heavy (non-hydrogen) atoms. The molecule has 1 atom stereocenters. The molecule has 2 N–H and O–H groups in total. The highest BCUT2D eigenvalue weighted by atomic mass is 16.5. The summed E-state index contributed by atoms with van der Waals surface area (Å²) in [5.41, 5.74) is 1.08. The predicted octanol–water partition coefficient (Wildman–Crippen LogP) is 1.17. The molecule has 5 nitrogen and oxygen atoms in total. The zero-order chi connectivity index (χ0) is 15.1. The van der Waals surface area contributed by atoms with E-state index in [4.69, 9.17) is 4.74 Å². The Balaban J connectivity index is 1.82. The third-order valence-electron chi connectivity index (χ3n) is 3.79. The monoisotopic (exact) mass is 291 g/mol. The van der Waals surface area contributed by atoms with E-state index in [1.165, 1.54) is 0 Å². The Kier molecular flexibility index (Phi) is 6.02. The molecule has 1 aliphatic heterocycles. The number of nitrogens with zero attached hydrogens (tertiary/aromatic N) is 1. The van der Waals surface area contributed by atoms with Gasteiger partial charge in [-0.2, -0.15) is 0 Å². The second-order valence-electron chi connectivity index (χ2n) is 5.44. The molecule has 2 rings (SSSR count). The molecule has 116 valence electrons. The molecule has 1 fully saturated rings. The molecule has 0 unspecified atom stereocenters. The summed E-state index contributed by atoms with van der Waals surface area (Å²) < 4.78 is 5.14. The van der Waals surface area contributed by atoms with Crippen LogP contribution in [0.25, 0.3) is 0 Å². The van der Waals surface area contributed by atoms with Crippen LogP contribution in [0, 0.1) is 0 Å². The van der Waals surface area contributed by atoms with Crippen molar-refractivity contribution < 1.29 is 9.53 Å².